The first-order chi connectivity index (χ1) is 8.52. The minimum absolute atomic E-state index is 0.0306. The van der Waals surface area contributed by atoms with Gasteiger partial charge in [0, 0.05) is 19.3 Å². The van der Waals surface area contributed by atoms with Crippen molar-refractivity contribution in [2.45, 2.75) is 45.3 Å². The summed E-state index contributed by atoms with van der Waals surface area (Å²) in [7, 11) is 0. The smallest absolute Gasteiger partial charge is 0.131 e. The summed E-state index contributed by atoms with van der Waals surface area (Å²) in [6.07, 6.45) is 4.33. The van der Waals surface area contributed by atoms with Crippen molar-refractivity contribution in [3.8, 4) is 0 Å². The molecule has 100 valence electrons. The first-order valence-corrected chi connectivity index (χ1v) is 6.55. The van der Waals surface area contributed by atoms with Gasteiger partial charge < -0.3 is 15.1 Å². The molecule has 0 aromatic carbocycles. The molecule has 1 aliphatic heterocycles. The fraction of sp³-hybridized carbons (Fsp3) is 0.643. The highest BCUT2D eigenvalue weighted by Gasteiger charge is 2.25. The lowest BCUT2D eigenvalue weighted by Gasteiger charge is -2.24. The summed E-state index contributed by atoms with van der Waals surface area (Å²) in [5, 5.41) is 19.2. The minimum atomic E-state index is -0.548. The van der Waals surface area contributed by atoms with Crippen LogP contribution in [0.1, 0.15) is 37.3 Å². The van der Waals surface area contributed by atoms with E-state index in [-0.39, 0.29) is 6.61 Å². The van der Waals surface area contributed by atoms with Gasteiger partial charge >= 0.3 is 0 Å². The third kappa shape index (κ3) is 3.00. The number of pyridine rings is 1. The number of aliphatic hydroxyl groups excluding tert-OH is 1. The molecule has 0 radical (unpaired) electrons. The van der Waals surface area contributed by atoms with Crippen molar-refractivity contribution >= 4 is 5.82 Å². The van der Waals surface area contributed by atoms with Crippen LogP contribution in [0.2, 0.25) is 0 Å². The van der Waals surface area contributed by atoms with E-state index in [2.05, 4.69) is 9.88 Å². The third-order valence-corrected chi connectivity index (χ3v) is 3.65. The molecule has 1 atom stereocenters. The van der Waals surface area contributed by atoms with Gasteiger partial charge in [-0.2, -0.15) is 0 Å². The van der Waals surface area contributed by atoms with Crippen LogP contribution in [0.25, 0.3) is 0 Å². The van der Waals surface area contributed by atoms with Crippen molar-refractivity contribution in [3.63, 3.8) is 0 Å². The van der Waals surface area contributed by atoms with Crippen molar-refractivity contribution in [3.05, 3.63) is 23.4 Å². The lowest BCUT2D eigenvalue weighted by Crippen LogP contribution is -2.29. The fourth-order valence-electron chi connectivity index (χ4n) is 2.52. The number of rotatable bonds is 2. The molecule has 1 aromatic rings. The van der Waals surface area contributed by atoms with Gasteiger partial charge in [-0.25, -0.2) is 4.98 Å². The maximum atomic E-state index is 10.1. The van der Waals surface area contributed by atoms with E-state index in [4.69, 9.17) is 5.11 Å². The van der Waals surface area contributed by atoms with Gasteiger partial charge in [0.05, 0.1) is 12.2 Å². The molecule has 1 aliphatic rings. The van der Waals surface area contributed by atoms with Gasteiger partial charge in [0.15, 0.2) is 0 Å². The predicted molar refractivity (Wildman–Crippen MR) is 71.6 cm³/mol. The van der Waals surface area contributed by atoms with Gasteiger partial charge in [0.2, 0.25) is 0 Å². The Bertz CT molecular complexity index is 418. The van der Waals surface area contributed by atoms with Crippen molar-refractivity contribution in [2.24, 2.45) is 0 Å². The topological polar surface area (TPSA) is 56.6 Å². The summed E-state index contributed by atoms with van der Waals surface area (Å²) in [6.45, 7) is 5.72. The maximum Gasteiger partial charge on any atom is 0.131 e. The first-order valence-electron chi connectivity index (χ1n) is 6.55. The summed E-state index contributed by atoms with van der Waals surface area (Å²) in [5.74, 6) is 0.977. The van der Waals surface area contributed by atoms with Crippen LogP contribution >= 0.6 is 0 Å². The molecule has 2 rings (SSSR count). The van der Waals surface area contributed by atoms with E-state index in [0.717, 1.165) is 49.3 Å². The average Bonchev–Trinajstić information content (AvgIpc) is 2.50. The fourth-order valence-corrected chi connectivity index (χ4v) is 2.52. The maximum absolute atomic E-state index is 10.1. The van der Waals surface area contributed by atoms with Gasteiger partial charge in [0.1, 0.15) is 5.82 Å². The molecule has 0 amide bonds. The Balaban J connectivity index is 2.16. The SMILES string of the molecule is Cc1cc(CO)cnc1N1CCCC(C)(O)CC1. The molecule has 4 nitrogen and oxygen atoms in total. The Morgan fingerprint density at radius 1 is 1.39 bits per heavy atom. The highest BCUT2D eigenvalue weighted by atomic mass is 16.3. The molecule has 1 unspecified atom stereocenters. The number of anilines is 1. The molecule has 0 spiro atoms. The van der Waals surface area contributed by atoms with Crippen molar-refractivity contribution < 1.29 is 10.2 Å². The van der Waals surface area contributed by atoms with Crippen molar-refractivity contribution in [1.82, 2.24) is 4.98 Å². The predicted octanol–water partition coefficient (Wildman–Crippen LogP) is 1.62. The Kier molecular flexibility index (Phi) is 3.88. The van der Waals surface area contributed by atoms with E-state index in [1.165, 1.54) is 0 Å². The van der Waals surface area contributed by atoms with E-state index in [0.29, 0.717) is 0 Å². The second kappa shape index (κ2) is 5.24. The highest BCUT2D eigenvalue weighted by Crippen LogP contribution is 2.26. The standard InChI is InChI=1S/C14H22N2O2/c1-11-8-12(10-17)9-15-13(11)16-6-3-4-14(2,18)5-7-16/h8-9,17-18H,3-7,10H2,1-2H3. The van der Waals surface area contributed by atoms with Crippen LogP contribution in [-0.2, 0) is 6.61 Å². The van der Waals surface area contributed by atoms with Crippen molar-refractivity contribution in [1.29, 1.82) is 0 Å². The Labute approximate surface area is 108 Å². The van der Waals surface area contributed by atoms with E-state index in [9.17, 15) is 5.11 Å². The molecular weight excluding hydrogens is 228 g/mol. The molecule has 0 bridgehead atoms. The summed E-state index contributed by atoms with van der Waals surface area (Å²) in [6, 6.07) is 1.98. The number of aryl methyl sites for hydroxylation is 1. The molecule has 4 heteroatoms. The van der Waals surface area contributed by atoms with Crippen LogP contribution in [0.4, 0.5) is 5.82 Å². The van der Waals surface area contributed by atoms with Crippen LogP contribution in [0, 0.1) is 6.92 Å². The Morgan fingerprint density at radius 3 is 2.83 bits per heavy atom. The summed E-state index contributed by atoms with van der Waals surface area (Å²) in [5.41, 5.74) is 1.38. The van der Waals surface area contributed by atoms with Gasteiger partial charge in [-0.3, -0.25) is 0 Å². The van der Waals surface area contributed by atoms with E-state index >= 15 is 0 Å². The van der Waals surface area contributed by atoms with Crippen LogP contribution in [0.15, 0.2) is 12.3 Å². The van der Waals surface area contributed by atoms with Crippen LogP contribution < -0.4 is 4.90 Å². The van der Waals surface area contributed by atoms with Gasteiger partial charge in [-0.1, -0.05) is 0 Å². The first kappa shape index (κ1) is 13.3. The summed E-state index contributed by atoms with van der Waals surface area (Å²) < 4.78 is 0. The molecular formula is C14H22N2O2. The van der Waals surface area contributed by atoms with Crippen LogP contribution in [0.5, 0.6) is 0 Å². The molecule has 18 heavy (non-hydrogen) atoms. The second-order valence-corrected chi connectivity index (χ2v) is 5.48. The Hall–Kier alpha value is -1.13. The van der Waals surface area contributed by atoms with E-state index in [1.54, 1.807) is 6.20 Å². The zero-order valence-electron chi connectivity index (χ0n) is 11.2. The quantitative estimate of drug-likeness (QED) is 0.837. The zero-order valence-corrected chi connectivity index (χ0v) is 11.2. The van der Waals surface area contributed by atoms with Crippen molar-refractivity contribution in [2.75, 3.05) is 18.0 Å². The van der Waals surface area contributed by atoms with Gasteiger partial charge in [-0.15, -0.1) is 0 Å². The molecule has 0 aliphatic carbocycles. The molecule has 0 saturated carbocycles. The summed E-state index contributed by atoms with van der Waals surface area (Å²) >= 11 is 0. The molecule has 1 saturated heterocycles. The largest absolute Gasteiger partial charge is 0.392 e. The number of aromatic nitrogens is 1. The lowest BCUT2D eigenvalue weighted by atomic mass is 9.98. The Morgan fingerprint density at radius 2 is 2.17 bits per heavy atom. The number of hydrogen-bond donors (Lipinski definition) is 2. The minimum Gasteiger partial charge on any atom is -0.392 e. The van der Waals surface area contributed by atoms with Crippen LogP contribution in [0.3, 0.4) is 0 Å². The second-order valence-electron chi connectivity index (χ2n) is 5.48. The lowest BCUT2D eigenvalue weighted by molar-refractivity contribution is 0.0481. The summed E-state index contributed by atoms with van der Waals surface area (Å²) in [4.78, 5) is 6.68. The molecule has 1 fully saturated rings. The molecule has 2 N–H and O–H groups in total. The van der Waals surface area contributed by atoms with E-state index in [1.807, 2.05) is 19.9 Å². The van der Waals surface area contributed by atoms with Crippen LogP contribution in [-0.4, -0.2) is 33.9 Å². The monoisotopic (exact) mass is 250 g/mol. The number of aliphatic hydroxyl groups is 2. The van der Waals surface area contributed by atoms with Gasteiger partial charge in [0.25, 0.3) is 0 Å². The third-order valence-electron chi connectivity index (χ3n) is 3.65. The normalized spacial score (nSPS) is 25.0. The molecule has 2 heterocycles. The number of hydrogen-bond acceptors (Lipinski definition) is 4. The van der Waals surface area contributed by atoms with E-state index < -0.39 is 5.60 Å². The average molecular weight is 250 g/mol. The molecule has 1 aromatic heterocycles. The van der Waals surface area contributed by atoms with Gasteiger partial charge in [-0.05, 0) is 50.3 Å². The zero-order chi connectivity index (χ0) is 13.2. The highest BCUT2D eigenvalue weighted by molar-refractivity contribution is 5.47. The number of nitrogens with zero attached hydrogens (tertiary/aromatic N) is 2.